The van der Waals surface area contributed by atoms with Crippen LogP contribution < -0.4 is 0 Å². The van der Waals surface area contributed by atoms with Gasteiger partial charge in [0.1, 0.15) is 0 Å². The summed E-state index contributed by atoms with van der Waals surface area (Å²) in [6, 6.07) is 0. The molecule has 11 heavy (non-hydrogen) atoms. The average Bonchev–Trinajstić information content (AvgIpc) is 1.90. The predicted octanol–water partition coefficient (Wildman–Crippen LogP) is 2.00. The molecule has 0 spiro atoms. The van der Waals surface area contributed by atoms with Crippen LogP contribution in [0.5, 0.6) is 0 Å². The van der Waals surface area contributed by atoms with Crippen molar-refractivity contribution in [3.05, 3.63) is 6.92 Å². The van der Waals surface area contributed by atoms with E-state index in [-0.39, 0.29) is 39.0 Å². The van der Waals surface area contributed by atoms with Gasteiger partial charge in [-0.1, -0.05) is 0 Å². The summed E-state index contributed by atoms with van der Waals surface area (Å²) >= 11 is 0. The summed E-state index contributed by atoms with van der Waals surface area (Å²) < 4.78 is 10.5. The first-order valence-corrected chi connectivity index (χ1v) is 3.87. The van der Waals surface area contributed by atoms with Crippen LogP contribution in [0.1, 0.15) is 26.7 Å². The minimum atomic E-state index is -0.0347. The molecule has 0 aliphatic rings. The minimum Gasteiger partial charge on any atom is -0.353 e. The van der Waals surface area contributed by atoms with E-state index in [1.165, 1.54) is 0 Å². The fourth-order valence-corrected chi connectivity index (χ4v) is 0.753. The van der Waals surface area contributed by atoms with Gasteiger partial charge in [-0.3, -0.25) is 0 Å². The van der Waals surface area contributed by atoms with Gasteiger partial charge in [-0.15, -0.1) is 0 Å². The normalized spacial score (nSPS) is 9.82. The summed E-state index contributed by atoms with van der Waals surface area (Å²) in [6.07, 6.45) is 1.72. The Bertz CT molecular complexity index is 54.8. The second-order valence-electron chi connectivity index (χ2n) is 1.98. The van der Waals surface area contributed by atoms with Gasteiger partial charge in [0.05, 0.1) is 0 Å². The van der Waals surface area contributed by atoms with Gasteiger partial charge in [-0.05, 0) is 20.3 Å². The van der Waals surface area contributed by atoms with Crippen LogP contribution in [0.2, 0.25) is 0 Å². The van der Waals surface area contributed by atoms with Crippen LogP contribution in [0.3, 0.4) is 0 Å². The molecule has 0 aromatic heterocycles. The van der Waals surface area contributed by atoms with Crippen molar-refractivity contribution in [1.29, 1.82) is 0 Å². The van der Waals surface area contributed by atoms with Gasteiger partial charge in [0.25, 0.3) is 0 Å². The molecule has 0 saturated heterocycles. The molecule has 0 N–H and O–H groups in total. The Labute approximate surface area is 94.9 Å². The zero-order chi connectivity index (χ0) is 7.82. The number of ether oxygens (including phenoxy) is 2. The molecule has 0 rings (SSSR count). The van der Waals surface area contributed by atoms with Crippen molar-refractivity contribution in [3.8, 4) is 0 Å². The zero-order valence-corrected chi connectivity index (χ0v) is 10.3. The Kier molecular flexibility index (Phi) is 14.6. The van der Waals surface area contributed by atoms with E-state index < -0.39 is 0 Å². The van der Waals surface area contributed by atoms with Crippen LogP contribution in [-0.2, 0) is 42.2 Å². The molecule has 1 radical (unpaired) electrons. The third-order valence-electron chi connectivity index (χ3n) is 1.14. The van der Waals surface area contributed by atoms with Crippen molar-refractivity contribution in [2.24, 2.45) is 0 Å². The second-order valence-corrected chi connectivity index (χ2v) is 1.98. The van der Waals surface area contributed by atoms with E-state index in [9.17, 15) is 0 Å². The number of hydrogen-bond donors (Lipinski definition) is 0. The largest absolute Gasteiger partial charge is 0.353 e. The average molecular weight is 234 g/mol. The Balaban J connectivity index is 0. The van der Waals surface area contributed by atoms with Gasteiger partial charge < -0.3 is 16.4 Å². The van der Waals surface area contributed by atoms with E-state index in [0.717, 1.165) is 12.8 Å². The molecule has 0 fully saturated rings. The van der Waals surface area contributed by atoms with Gasteiger partial charge in [0.15, 0.2) is 6.29 Å². The van der Waals surface area contributed by atoms with E-state index >= 15 is 0 Å². The van der Waals surface area contributed by atoms with Crippen LogP contribution in [-0.4, -0.2) is 19.5 Å². The summed E-state index contributed by atoms with van der Waals surface area (Å²) in [5.74, 6) is 0. The Morgan fingerprint density at radius 2 is 1.64 bits per heavy atom. The minimum absolute atomic E-state index is 0. The summed E-state index contributed by atoms with van der Waals surface area (Å²) in [5.41, 5.74) is 0. The van der Waals surface area contributed by atoms with Crippen LogP contribution >= 0.6 is 0 Å². The number of hydrogen-bond acceptors (Lipinski definition) is 2. The summed E-state index contributed by atoms with van der Waals surface area (Å²) in [7, 11) is 0. The molecule has 0 amide bonds. The van der Waals surface area contributed by atoms with Gasteiger partial charge in [-0.2, -0.15) is 6.42 Å². The molecule has 2 nitrogen and oxygen atoms in total. The Hall–Kier alpha value is 1.02. The molecule has 65 valence electrons. The molecule has 0 aromatic carbocycles. The maximum absolute atomic E-state index is 5.26. The molecular weight excluding hydrogens is 217 g/mol. The van der Waals surface area contributed by atoms with Gasteiger partial charge >= 0.3 is 0 Å². The molecule has 0 atom stereocenters. The molecular formula is C8H17O2Y-. The van der Waals surface area contributed by atoms with Crippen molar-refractivity contribution >= 4 is 0 Å². The molecule has 0 heterocycles. The van der Waals surface area contributed by atoms with E-state index in [1.54, 1.807) is 0 Å². The molecule has 0 aliphatic heterocycles. The maximum Gasteiger partial charge on any atom is 0.155 e. The van der Waals surface area contributed by atoms with Crippen molar-refractivity contribution < 1.29 is 42.2 Å². The Morgan fingerprint density at radius 1 is 1.18 bits per heavy atom. The first kappa shape index (κ1) is 14.5. The first-order chi connectivity index (χ1) is 4.85. The standard InChI is InChI=1S/C8H17O2.Y/c1-4-7-8(9-5-2)10-6-3;/h8H,1,4-7H2,2-3H3;/q-1;. The molecule has 0 saturated carbocycles. The van der Waals surface area contributed by atoms with Gasteiger partial charge in [-0.25, -0.2) is 0 Å². The maximum atomic E-state index is 5.26. The topological polar surface area (TPSA) is 18.5 Å². The summed E-state index contributed by atoms with van der Waals surface area (Å²) in [4.78, 5) is 0. The van der Waals surface area contributed by atoms with Crippen LogP contribution in [0.4, 0.5) is 0 Å². The first-order valence-electron chi connectivity index (χ1n) is 3.87. The van der Waals surface area contributed by atoms with Gasteiger partial charge in [0, 0.05) is 45.9 Å². The molecule has 0 bridgehead atoms. The van der Waals surface area contributed by atoms with Gasteiger partial charge in [0.2, 0.25) is 0 Å². The summed E-state index contributed by atoms with van der Waals surface area (Å²) in [5, 5.41) is 0. The zero-order valence-electron chi connectivity index (χ0n) is 7.51. The third-order valence-corrected chi connectivity index (χ3v) is 1.14. The van der Waals surface area contributed by atoms with Crippen LogP contribution in [0.15, 0.2) is 0 Å². The third kappa shape index (κ3) is 8.93. The van der Waals surface area contributed by atoms with E-state index in [2.05, 4.69) is 6.92 Å². The predicted molar refractivity (Wildman–Crippen MR) is 41.6 cm³/mol. The monoisotopic (exact) mass is 234 g/mol. The van der Waals surface area contributed by atoms with Crippen molar-refractivity contribution in [2.75, 3.05) is 13.2 Å². The molecule has 3 heteroatoms. The van der Waals surface area contributed by atoms with E-state index in [1.807, 2.05) is 13.8 Å². The van der Waals surface area contributed by atoms with Crippen molar-refractivity contribution in [2.45, 2.75) is 33.0 Å². The second kappa shape index (κ2) is 11.0. The SMILES string of the molecule is [CH2-]CCC(OCC)OCC.[Y]. The van der Waals surface area contributed by atoms with Crippen molar-refractivity contribution in [1.82, 2.24) is 0 Å². The smallest absolute Gasteiger partial charge is 0.155 e. The quantitative estimate of drug-likeness (QED) is 0.517. The van der Waals surface area contributed by atoms with E-state index in [0.29, 0.717) is 13.2 Å². The fourth-order valence-electron chi connectivity index (χ4n) is 0.753. The van der Waals surface area contributed by atoms with Crippen LogP contribution in [0, 0.1) is 6.92 Å². The fraction of sp³-hybridized carbons (Fsp3) is 0.875. The molecule has 0 aliphatic carbocycles. The van der Waals surface area contributed by atoms with Crippen molar-refractivity contribution in [3.63, 3.8) is 0 Å². The Morgan fingerprint density at radius 3 is 1.91 bits per heavy atom. The molecule has 0 aromatic rings. The molecule has 0 unspecified atom stereocenters. The van der Waals surface area contributed by atoms with E-state index in [4.69, 9.17) is 9.47 Å². The number of rotatable bonds is 6. The summed E-state index contributed by atoms with van der Waals surface area (Å²) in [6.45, 7) is 9.09. The van der Waals surface area contributed by atoms with Crippen LogP contribution in [0.25, 0.3) is 0 Å².